The lowest BCUT2D eigenvalue weighted by Gasteiger charge is -2.38. The minimum atomic E-state index is 0.0229. The molecule has 7 nitrogen and oxygen atoms in total. The lowest BCUT2D eigenvalue weighted by Crippen LogP contribution is -2.48. The summed E-state index contributed by atoms with van der Waals surface area (Å²) in [7, 11) is 0. The lowest BCUT2D eigenvalue weighted by atomic mass is 10.1. The quantitative estimate of drug-likeness (QED) is 0.709. The maximum absolute atomic E-state index is 10.6. The largest absolute Gasteiger partial charge is 0.492 e. The number of nitrogens with zero attached hydrogens (tertiary/aromatic N) is 5. The average Bonchev–Trinajstić information content (AvgIpc) is 3.31. The fourth-order valence-corrected chi connectivity index (χ4v) is 5.20. The summed E-state index contributed by atoms with van der Waals surface area (Å²) in [6.45, 7) is 4.56. The summed E-state index contributed by atoms with van der Waals surface area (Å²) in [5.41, 5.74) is 0. The molecule has 1 aliphatic rings. The number of hydrogen-bond acceptors (Lipinski definition) is 8. The topological polar surface area (TPSA) is 77.1 Å². The van der Waals surface area contributed by atoms with Gasteiger partial charge < -0.3 is 10.2 Å². The van der Waals surface area contributed by atoms with Crippen molar-refractivity contribution in [1.29, 1.82) is 0 Å². The van der Waals surface area contributed by atoms with Crippen molar-refractivity contribution in [2.75, 3.05) is 39.3 Å². The number of rotatable bonds is 5. The van der Waals surface area contributed by atoms with E-state index in [1.165, 1.54) is 27.1 Å². The zero-order valence-electron chi connectivity index (χ0n) is 13.1. The summed E-state index contributed by atoms with van der Waals surface area (Å²) in [6.07, 6.45) is 1.46. The Morgan fingerprint density at radius 3 is 2.75 bits per heavy atom. The Bertz CT molecular complexity index is 792. The third-order valence-corrected chi connectivity index (χ3v) is 6.40. The van der Waals surface area contributed by atoms with Gasteiger partial charge in [0.25, 0.3) is 0 Å². The van der Waals surface area contributed by atoms with Crippen molar-refractivity contribution >= 4 is 27.6 Å². The van der Waals surface area contributed by atoms with E-state index in [9.17, 15) is 5.11 Å². The average molecular weight is 365 g/mol. The Labute approximate surface area is 147 Å². The molecule has 3 aromatic rings. The predicted molar refractivity (Wildman–Crippen MR) is 93.8 cm³/mol. The highest BCUT2D eigenvalue weighted by molar-refractivity contribution is 7.17. The molecular weight excluding hydrogens is 346 g/mol. The van der Waals surface area contributed by atoms with Gasteiger partial charge >= 0.3 is 0 Å². The van der Waals surface area contributed by atoms with Crippen LogP contribution in [0.1, 0.15) is 15.8 Å². The molecule has 1 saturated heterocycles. The summed E-state index contributed by atoms with van der Waals surface area (Å²) >= 11 is 3.19. The number of thiazole rings is 1. The number of piperazine rings is 1. The Hall–Kier alpha value is -1.52. The SMILES string of the molecule is OCCN1CCN(C(c2cccs2)c2sc3ncnn3c2O)CC1. The van der Waals surface area contributed by atoms with Crippen LogP contribution in [0.25, 0.3) is 4.96 Å². The number of hydrogen-bond donors (Lipinski definition) is 2. The second kappa shape index (κ2) is 6.77. The van der Waals surface area contributed by atoms with Crippen LogP contribution < -0.4 is 0 Å². The normalized spacial score (nSPS) is 18.4. The number of β-amino-alcohol motifs (C(OH)–C–C–N with tert-alkyl or cyclic N) is 1. The molecule has 0 aliphatic carbocycles. The smallest absolute Gasteiger partial charge is 0.230 e. The van der Waals surface area contributed by atoms with Crippen molar-refractivity contribution in [3.63, 3.8) is 0 Å². The second-order valence-corrected chi connectivity index (χ2v) is 7.75. The molecule has 24 heavy (non-hydrogen) atoms. The summed E-state index contributed by atoms with van der Waals surface area (Å²) in [5, 5.41) is 25.9. The van der Waals surface area contributed by atoms with Gasteiger partial charge in [-0.25, -0.2) is 4.98 Å². The monoisotopic (exact) mass is 365 g/mol. The molecule has 0 amide bonds. The fraction of sp³-hybridized carbons (Fsp3) is 0.467. The molecule has 1 fully saturated rings. The first-order valence-electron chi connectivity index (χ1n) is 7.90. The lowest BCUT2D eigenvalue weighted by molar-refractivity contribution is 0.0954. The van der Waals surface area contributed by atoms with Crippen molar-refractivity contribution < 1.29 is 10.2 Å². The van der Waals surface area contributed by atoms with E-state index in [1.54, 1.807) is 11.3 Å². The Balaban J connectivity index is 1.66. The second-order valence-electron chi connectivity index (χ2n) is 5.76. The van der Waals surface area contributed by atoms with Gasteiger partial charge in [0.15, 0.2) is 0 Å². The van der Waals surface area contributed by atoms with E-state index in [1.807, 2.05) is 6.07 Å². The first kappa shape index (κ1) is 16.0. The van der Waals surface area contributed by atoms with Gasteiger partial charge in [-0.1, -0.05) is 17.4 Å². The molecule has 4 rings (SSSR count). The van der Waals surface area contributed by atoms with Crippen LogP contribution in [0.3, 0.4) is 0 Å². The van der Waals surface area contributed by atoms with Crippen LogP contribution >= 0.6 is 22.7 Å². The van der Waals surface area contributed by atoms with Crippen LogP contribution in [0.5, 0.6) is 5.88 Å². The van der Waals surface area contributed by atoms with Crippen molar-refractivity contribution in [2.45, 2.75) is 6.04 Å². The molecule has 1 unspecified atom stereocenters. The minimum absolute atomic E-state index is 0.0229. The molecule has 2 N–H and O–H groups in total. The van der Waals surface area contributed by atoms with E-state index in [4.69, 9.17) is 5.11 Å². The van der Waals surface area contributed by atoms with Gasteiger partial charge in [0.05, 0.1) is 17.5 Å². The Kier molecular flexibility index (Phi) is 4.51. The molecule has 1 aliphatic heterocycles. The Morgan fingerprint density at radius 2 is 2.08 bits per heavy atom. The zero-order chi connectivity index (χ0) is 16.5. The minimum Gasteiger partial charge on any atom is -0.492 e. The predicted octanol–water partition coefficient (Wildman–Crippen LogP) is 1.26. The molecule has 0 saturated carbocycles. The van der Waals surface area contributed by atoms with Crippen LogP contribution in [-0.4, -0.2) is 73.9 Å². The van der Waals surface area contributed by atoms with Crippen molar-refractivity contribution in [2.24, 2.45) is 0 Å². The molecule has 0 spiro atoms. The Morgan fingerprint density at radius 1 is 1.25 bits per heavy atom. The summed E-state index contributed by atoms with van der Waals surface area (Å²) in [4.78, 5) is 11.7. The molecule has 0 aromatic carbocycles. The van der Waals surface area contributed by atoms with Crippen molar-refractivity contribution in [3.8, 4) is 5.88 Å². The molecule has 3 aromatic heterocycles. The summed E-state index contributed by atoms with van der Waals surface area (Å²) < 4.78 is 1.50. The zero-order valence-corrected chi connectivity index (χ0v) is 14.7. The van der Waals surface area contributed by atoms with Gasteiger partial charge in [-0.05, 0) is 11.4 Å². The van der Waals surface area contributed by atoms with E-state index in [2.05, 4.69) is 31.3 Å². The van der Waals surface area contributed by atoms with Crippen molar-refractivity contribution in [1.82, 2.24) is 24.4 Å². The third kappa shape index (κ3) is 2.82. The highest BCUT2D eigenvalue weighted by Gasteiger charge is 2.31. The van der Waals surface area contributed by atoms with Gasteiger partial charge in [-0.3, -0.25) is 9.80 Å². The standard InChI is InChI=1S/C15H19N5O2S2/c21-8-7-18-3-5-19(6-4-18)12(11-2-1-9-23-11)13-14(22)20-15(24-13)16-10-17-20/h1-2,9-10,12,21-22H,3-8H2. The number of aromatic nitrogens is 3. The first-order chi connectivity index (χ1) is 11.8. The van der Waals surface area contributed by atoms with Crippen LogP contribution in [-0.2, 0) is 0 Å². The molecule has 0 bridgehead atoms. The number of aromatic hydroxyl groups is 1. The van der Waals surface area contributed by atoms with Gasteiger partial charge in [0, 0.05) is 37.6 Å². The van der Waals surface area contributed by atoms with Crippen LogP contribution in [0, 0.1) is 0 Å². The van der Waals surface area contributed by atoms with E-state index < -0.39 is 0 Å². The van der Waals surface area contributed by atoms with E-state index in [0.717, 1.165) is 37.6 Å². The van der Waals surface area contributed by atoms with Crippen molar-refractivity contribution in [3.05, 3.63) is 33.6 Å². The maximum Gasteiger partial charge on any atom is 0.230 e. The van der Waals surface area contributed by atoms with E-state index in [0.29, 0.717) is 4.96 Å². The first-order valence-corrected chi connectivity index (χ1v) is 9.59. The molecule has 1 atom stereocenters. The van der Waals surface area contributed by atoms with E-state index >= 15 is 0 Å². The number of aliphatic hydroxyl groups excluding tert-OH is 1. The number of fused-ring (bicyclic) bond motifs is 1. The summed E-state index contributed by atoms with van der Waals surface area (Å²) in [5.74, 6) is 0.184. The molecular formula is C15H19N5O2S2. The van der Waals surface area contributed by atoms with E-state index in [-0.39, 0.29) is 18.5 Å². The van der Waals surface area contributed by atoms with Crippen LogP contribution in [0.4, 0.5) is 0 Å². The fourth-order valence-electron chi connectivity index (χ4n) is 3.18. The van der Waals surface area contributed by atoms with Crippen LogP contribution in [0.2, 0.25) is 0 Å². The maximum atomic E-state index is 10.6. The number of thiophene rings is 1. The molecule has 9 heteroatoms. The van der Waals surface area contributed by atoms with Gasteiger partial charge in [0.1, 0.15) is 6.33 Å². The van der Waals surface area contributed by atoms with Crippen LogP contribution in [0.15, 0.2) is 23.8 Å². The highest BCUT2D eigenvalue weighted by Crippen LogP contribution is 2.41. The molecule has 128 valence electrons. The third-order valence-electron chi connectivity index (χ3n) is 4.39. The van der Waals surface area contributed by atoms with Gasteiger partial charge in [-0.15, -0.1) is 11.3 Å². The number of aliphatic hydroxyl groups is 1. The highest BCUT2D eigenvalue weighted by atomic mass is 32.1. The molecule has 0 radical (unpaired) electrons. The summed E-state index contributed by atoms with van der Waals surface area (Å²) in [6, 6.07) is 4.18. The van der Waals surface area contributed by atoms with Gasteiger partial charge in [0.2, 0.25) is 10.8 Å². The van der Waals surface area contributed by atoms with Gasteiger partial charge in [-0.2, -0.15) is 9.61 Å². The molecule has 4 heterocycles.